The molecule has 7 heteroatoms. The molecular weight excluding hydrogens is 362 g/mol. The van der Waals surface area contributed by atoms with Gasteiger partial charge in [-0.25, -0.2) is 4.79 Å². The Bertz CT molecular complexity index is 1030. The lowest BCUT2D eigenvalue weighted by atomic mass is 9.86. The fourth-order valence-electron chi connectivity index (χ4n) is 4.23. The molecule has 0 radical (unpaired) electrons. The minimum Gasteiger partial charge on any atom is -0.493 e. The largest absolute Gasteiger partial charge is 0.493 e. The fourth-order valence-corrected chi connectivity index (χ4v) is 4.23. The zero-order chi connectivity index (χ0) is 19.4. The number of aliphatic carboxylic acids is 1. The number of carboxylic acid groups (broad SMARTS) is 1. The molecule has 0 bridgehead atoms. The SMILES string of the molecule is COc1ccc2c(c1OC)CN1C(=C2)c2cc3c(cc2C[C@H]1C(=O)O)OCO3. The number of benzene rings is 2. The first-order valence-corrected chi connectivity index (χ1v) is 8.98. The summed E-state index contributed by atoms with van der Waals surface area (Å²) in [6, 6.07) is 7.00. The van der Waals surface area contributed by atoms with Crippen LogP contribution in [0.4, 0.5) is 0 Å². The van der Waals surface area contributed by atoms with Gasteiger partial charge in [0, 0.05) is 29.8 Å². The average Bonchev–Trinajstić information content (AvgIpc) is 3.16. The topological polar surface area (TPSA) is 77.5 Å². The molecule has 144 valence electrons. The van der Waals surface area contributed by atoms with Gasteiger partial charge in [-0.05, 0) is 35.4 Å². The van der Waals surface area contributed by atoms with Gasteiger partial charge in [0.25, 0.3) is 0 Å². The third-order valence-electron chi connectivity index (χ3n) is 5.56. The van der Waals surface area contributed by atoms with Crippen molar-refractivity contribution in [3.8, 4) is 23.0 Å². The van der Waals surface area contributed by atoms with E-state index >= 15 is 0 Å². The Hall–Kier alpha value is -3.35. The molecule has 0 spiro atoms. The summed E-state index contributed by atoms with van der Waals surface area (Å²) in [5.41, 5.74) is 4.69. The molecule has 0 aliphatic carbocycles. The number of nitrogens with zero attached hydrogens (tertiary/aromatic N) is 1. The normalized spacial score (nSPS) is 18.6. The summed E-state index contributed by atoms with van der Waals surface area (Å²) in [5, 5.41) is 9.89. The highest BCUT2D eigenvalue weighted by molar-refractivity contribution is 5.91. The molecule has 7 nitrogen and oxygen atoms in total. The van der Waals surface area contributed by atoms with Crippen molar-refractivity contribution in [3.05, 3.63) is 46.5 Å². The number of methoxy groups -OCH3 is 2. The van der Waals surface area contributed by atoms with Gasteiger partial charge in [-0.2, -0.15) is 0 Å². The Morgan fingerprint density at radius 1 is 1.18 bits per heavy atom. The average molecular weight is 381 g/mol. The van der Waals surface area contributed by atoms with Gasteiger partial charge in [0.2, 0.25) is 6.79 Å². The van der Waals surface area contributed by atoms with Crippen LogP contribution in [0.5, 0.6) is 23.0 Å². The van der Waals surface area contributed by atoms with E-state index in [2.05, 4.69) is 0 Å². The number of hydrogen-bond donors (Lipinski definition) is 1. The van der Waals surface area contributed by atoms with Gasteiger partial charge in [0.05, 0.1) is 14.2 Å². The number of ether oxygens (including phenoxy) is 4. The van der Waals surface area contributed by atoms with Gasteiger partial charge < -0.3 is 29.0 Å². The van der Waals surface area contributed by atoms with E-state index < -0.39 is 12.0 Å². The molecule has 3 aliphatic heterocycles. The second kappa shape index (κ2) is 6.09. The van der Waals surface area contributed by atoms with E-state index in [9.17, 15) is 9.90 Å². The maximum Gasteiger partial charge on any atom is 0.326 e. The summed E-state index contributed by atoms with van der Waals surface area (Å²) >= 11 is 0. The van der Waals surface area contributed by atoms with Gasteiger partial charge in [0.1, 0.15) is 6.04 Å². The highest BCUT2D eigenvalue weighted by Gasteiger charge is 2.38. The summed E-state index contributed by atoms with van der Waals surface area (Å²) in [7, 11) is 3.19. The molecule has 0 saturated heterocycles. The van der Waals surface area contributed by atoms with Crippen LogP contribution in [0.1, 0.15) is 22.3 Å². The standard InChI is InChI=1S/C21H19NO6/c1-25-17-4-3-11-5-15-13-8-19-18(27-10-28-19)7-12(13)6-16(21(23)24)22(15)9-14(11)20(17)26-2/h3-5,7-8,16H,6,9-10H2,1-2H3,(H,23,24)/t16-/m0/s1. The van der Waals surface area contributed by atoms with Crippen LogP contribution in [-0.2, 0) is 17.8 Å². The molecule has 0 unspecified atom stereocenters. The van der Waals surface area contributed by atoms with Crippen molar-refractivity contribution in [2.45, 2.75) is 19.0 Å². The Kier molecular flexibility index (Phi) is 3.65. The molecule has 0 saturated carbocycles. The lowest BCUT2D eigenvalue weighted by Crippen LogP contribution is -2.45. The second-order valence-corrected chi connectivity index (χ2v) is 6.95. The number of carboxylic acids is 1. The van der Waals surface area contributed by atoms with Crippen LogP contribution < -0.4 is 18.9 Å². The zero-order valence-corrected chi connectivity index (χ0v) is 15.5. The smallest absolute Gasteiger partial charge is 0.326 e. The van der Waals surface area contributed by atoms with Crippen LogP contribution in [0.2, 0.25) is 0 Å². The summed E-state index contributed by atoms with van der Waals surface area (Å²) in [6.45, 7) is 0.607. The Balaban J connectivity index is 1.72. The molecule has 0 fully saturated rings. The van der Waals surface area contributed by atoms with Crippen molar-refractivity contribution < 1.29 is 28.8 Å². The summed E-state index contributed by atoms with van der Waals surface area (Å²) in [4.78, 5) is 14.0. The molecule has 1 N–H and O–H groups in total. The third-order valence-corrected chi connectivity index (χ3v) is 5.56. The molecule has 28 heavy (non-hydrogen) atoms. The van der Waals surface area contributed by atoms with E-state index in [-0.39, 0.29) is 6.79 Å². The van der Waals surface area contributed by atoms with Gasteiger partial charge in [-0.1, -0.05) is 6.07 Å². The van der Waals surface area contributed by atoms with Crippen LogP contribution in [0, 0.1) is 0 Å². The number of carbonyl (C=O) groups is 1. The number of fused-ring (bicyclic) bond motifs is 5. The van der Waals surface area contributed by atoms with Gasteiger partial charge in [0.15, 0.2) is 23.0 Å². The molecule has 2 aromatic carbocycles. The highest BCUT2D eigenvalue weighted by Crippen LogP contribution is 2.46. The second-order valence-electron chi connectivity index (χ2n) is 6.95. The molecule has 2 aromatic rings. The molecule has 0 aromatic heterocycles. The predicted molar refractivity (Wildman–Crippen MR) is 101 cm³/mol. The first-order chi connectivity index (χ1) is 13.6. The minimum atomic E-state index is -0.862. The Morgan fingerprint density at radius 2 is 1.96 bits per heavy atom. The number of rotatable bonds is 3. The van der Waals surface area contributed by atoms with E-state index in [1.807, 2.05) is 35.2 Å². The van der Waals surface area contributed by atoms with Crippen molar-refractivity contribution in [2.24, 2.45) is 0 Å². The van der Waals surface area contributed by atoms with Crippen molar-refractivity contribution in [1.29, 1.82) is 0 Å². The highest BCUT2D eigenvalue weighted by atomic mass is 16.7. The van der Waals surface area contributed by atoms with Crippen molar-refractivity contribution in [2.75, 3.05) is 21.0 Å². The fraction of sp³-hybridized carbons (Fsp3) is 0.286. The van der Waals surface area contributed by atoms with E-state index in [0.29, 0.717) is 36.0 Å². The van der Waals surface area contributed by atoms with E-state index in [1.165, 1.54) is 0 Å². The van der Waals surface area contributed by atoms with Crippen LogP contribution in [0.3, 0.4) is 0 Å². The Labute approximate surface area is 161 Å². The molecule has 3 aliphatic rings. The van der Waals surface area contributed by atoms with Gasteiger partial charge in [-0.15, -0.1) is 0 Å². The van der Waals surface area contributed by atoms with Gasteiger partial charge in [-0.3, -0.25) is 0 Å². The lowest BCUT2D eigenvalue weighted by Gasteiger charge is -2.41. The van der Waals surface area contributed by atoms with E-state index in [0.717, 1.165) is 28.0 Å². The van der Waals surface area contributed by atoms with Crippen LogP contribution in [0.25, 0.3) is 11.8 Å². The maximum absolute atomic E-state index is 12.1. The van der Waals surface area contributed by atoms with Crippen molar-refractivity contribution in [3.63, 3.8) is 0 Å². The molecule has 0 amide bonds. The minimum absolute atomic E-state index is 0.184. The third kappa shape index (κ3) is 2.32. The summed E-state index contributed by atoms with van der Waals surface area (Å²) in [6.07, 6.45) is 2.40. The van der Waals surface area contributed by atoms with E-state index in [4.69, 9.17) is 18.9 Å². The van der Waals surface area contributed by atoms with Crippen LogP contribution in [-0.4, -0.2) is 43.0 Å². The van der Waals surface area contributed by atoms with Crippen LogP contribution in [0.15, 0.2) is 24.3 Å². The van der Waals surface area contributed by atoms with Crippen LogP contribution >= 0.6 is 0 Å². The monoisotopic (exact) mass is 381 g/mol. The summed E-state index contributed by atoms with van der Waals surface area (Å²) in [5.74, 6) is 1.76. The molecule has 5 rings (SSSR count). The van der Waals surface area contributed by atoms with Crippen molar-refractivity contribution >= 4 is 17.7 Å². The van der Waals surface area contributed by atoms with Gasteiger partial charge >= 0.3 is 5.97 Å². The van der Waals surface area contributed by atoms with E-state index in [1.54, 1.807) is 14.2 Å². The summed E-state index contributed by atoms with van der Waals surface area (Å²) < 4.78 is 22.0. The maximum atomic E-state index is 12.1. The Morgan fingerprint density at radius 3 is 2.68 bits per heavy atom. The lowest BCUT2D eigenvalue weighted by molar-refractivity contribution is -0.142. The first kappa shape index (κ1) is 16.8. The van der Waals surface area contributed by atoms with Crippen molar-refractivity contribution in [1.82, 2.24) is 4.90 Å². The number of hydrogen-bond acceptors (Lipinski definition) is 6. The predicted octanol–water partition coefficient (Wildman–Crippen LogP) is 2.76. The zero-order valence-electron chi connectivity index (χ0n) is 15.5. The molecule has 3 heterocycles. The first-order valence-electron chi connectivity index (χ1n) is 8.98. The molecular formula is C21H19NO6. The molecule has 1 atom stereocenters. The quantitative estimate of drug-likeness (QED) is 0.876.